The lowest BCUT2D eigenvalue weighted by Gasteiger charge is -2.23. The molecule has 2 rings (SSSR count). The smallest absolute Gasteiger partial charge is 0.282 e. The molecule has 0 saturated heterocycles. The van der Waals surface area contributed by atoms with Gasteiger partial charge in [0, 0.05) is 11.3 Å². The van der Waals surface area contributed by atoms with Crippen LogP contribution in [0.4, 0.5) is 5.69 Å². The van der Waals surface area contributed by atoms with Gasteiger partial charge < -0.3 is 10.6 Å². The van der Waals surface area contributed by atoms with Gasteiger partial charge in [0.15, 0.2) is 11.8 Å². The van der Waals surface area contributed by atoms with Crippen molar-refractivity contribution in [2.45, 2.75) is 58.0 Å². The van der Waals surface area contributed by atoms with E-state index in [-0.39, 0.29) is 17.7 Å². The number of nitrogens with two attached hydrogens (primary N) is 1. The quantitative estimate of drug-likeness (QED) is 0.816. The summed E-state index contributed by atoms with van der Waals surface area (Å²) >= 11 is 0. The number of Topliss-reactive ketones (excluding diaryl/α,β-unsaturated/α-hetero) is 1. The van der Waals surface area contributed by atoms with Crippen LogP contribution in [0.25, 0.3) is 0 Å². The van der Waals surface area contributed by atoms with E-state index in [9.17, 15) is 9.59 Å². The molecule has 0 bridgehead atoms. The number of ketones is 1. The molecule has 4 nitrogen and oxygen atoms in total. The van der Waals surface area contributed by atoms with Crippen molar-refractivity contribution < 1.29 is 14.9 Å². The normalized spacial score (nSPS) is 17.2. The number of rotatable bonds is 5. The van der Waals surface area contributed by atoms with Crippen molar-refractivity contribution in [1.82, 2.24) is 0 Å². The van der Waals surface area contributed by atoms with Crippen molar-refractivity contribution >= 4 is 17.4 Å². The summed E-state index contributed by atoms with van der Waals surface area (Å²) in [7, 11) is 0. The Morgan fingerprint density at radius 3 is 2.33 bits per heavy atom. The van der Waals surface area contributed by atoms with Gasteiger partial charge in [-0.15, -0.1) is 0 Å². The van der Waals surface area contributed by atoms with E-state index in [4.69, 9.17) is 0 Å². The Labute approximate surface area is 126 Å². The van der Waals surface area contributed by atoms with E-state index in [0.29, 0.717) is 11.6 Å². The van der Waals surface area contributed by atoms with Crippen LogP contribution < -0.4 is 10.6 Å². The molecule has 1 atom stereocenters. The summed E-state index contributed by atoms with van der Waals surface area (Å²) in [5, 5.41) is 5.11. The number of nitrogens with one attached hydrogen (secondary N) is 1. The molecule has 0 radical (unpaired) electrons. The molecule has 1 aromatic carbocycles. The second-order valence-electron chi connectivity index (χ2n) is 6.00. The number of carbonyl (C=O) groups is 2. The average molecular weight is 289 g/mol. The molecular formula is C17H25N2O2+. The van der Waals surface area contributed by atoms with Gasteiger partial charge in [0.1, 0.15) is 0 Å². The summed E-state index contributed by atoms with van der Waals surface area (Å²) < 4.78 is 0. The number of amides is 1. The van der Waals surface area contributed by atoms with E-state index < -0.39 is 0 Å². The third kappa shape index (κ3) is 4.67. The number of carbonyl (C=O) groups excluding carboxylic acids is 2. The third-order valence-electron chi connectivity index (χ3n) is 4.18. The zero-order valence-corrected chi connectivity index (χ0v) is 12.9. The molecule has 0 unspecified atom stereocenters. The molecule has 114 valence electrons. The van der Waals surface area contributed by atoms with Crippen LogP contribution in [0.3, 0.4) is 0 Å². The molecule has 1 amide bonds. The highest BCUT2D eigenvalue weighted by molar-refractivity contribution is 5.96. The average Bonchev–Trinajstić information content (AvgIpc) is 2.48. The Bertz CT molecular complexity index is 490. The van der Waals surface area contributed by atoms with Gasteiger partial charge in [-0.05, 0) is 63.8 Å². The third-order valence-corrected chi connectivity index (χ3v) is 4.18. The van der Waals surface area contributed by atoms with E-state index in [1.807, 2.05) is 6.92 Å². The van der Waals surface area contributed by atoms with Gasteiger partial charge in [-0.3, -0.25) is 9.59 Å². The molecule has 1 aromatic rings. The van der Waals surface area contributed by atoms with E-state index in [2.05, 4.69) is 10.6 Å². The molecule has 4 heteroatoms. The minimum atomic E-state index is -0.0828. The van der Waals surface area contributed by atoms with Gasteiger partial charge in [0.25, 0.3) is 5.91 Å². The van der Waals surface area contributed by atoms with Crippen LogP contribution in [0, 0.1) is 0 Å². The number of benzene rings is 1. The highest BCUT2D eigenvalue weighted by Crippen LogP contribution is 2.15. The lowest BCUT2D eigenvalue weighted by molar-refractivity contribution is -0.708. The summed E-state index contributed by atoms with van der Waals surface area (Å²) in [4.78, 5) is 23.4. The Hall–Kier alpha value is -1.68. The molecule has 0 aliphatic heterocycles. The Morgan fingerprint density at radius 1 is 1.14 bits per heavy atom. The molecule has 21 heavy (non-hydrogen) atoms. The van der Waals surface area contributed by atoms with Gasteiger partial charge in [0.05, 0.1) is 6.04 Å². The van der Waals surface area contributed by atoms with Crippen LogP contribution in [0.1, 0.15) is 56.3 Å². The predicted octanol–water partition coefficient (Wildman–Crippen LogP) is 2.11. The van der Waals surface area contributed by atoms with Crippen molar-refractivity contribution in [2.75, 3.05) is 5.32 Å². The van der Waals surface area contributed by atoms with Crippen molar-refractivity contribution in [3.05, 3.63) is 29.8 Å². The van der Waals surface area contributed by atoms with Crippen LogP contribution in [0.2, 0.25) is 0 Å². The first-order valence-electron chi connectivity index (χ1n) is 7.83. The Kier molecular flexibility index (Phi) is 5.51. The maximum absolute atomic E-state index is 12.2. The van der Waals surface area contributed by atoms with Crippen molar-refractivity contribution in [1.29, 1.82) is 0 Å². The zero-order chi connectivity index (χ0) is 15.2. The lowest BCUT2D eigenvalue weighted by atomic mass is 9.95. The molecule has 1 fully saturated rings. The number of quaternary nitrogens is 1. The van der Waals surface area contributed by atoms with Crippen molar-refractivity contribution in [3.63, 3.8) is 0 Å². The van der Waals surface area contributed by atoms with E-state index in [1.54, 1.807) is 24.3 Å². The summed E-state index contributed by atoms with van der Waals surface area (Å²) in [6.45, 7) is 3.49. The van der Waals surface area contributed by atoms with E-state index >= 15 is 0 Å². The minimum Gasteiger partial charge on any atom is -0.334 e. The topological polar surface area (TPSA) is 62.8 Å². The first-order valence-corrected chi connectivity index (χ1v) is 7.83. The van der Waals surface area contributed by atoms with Crippen LogP contribution in [0.15, 0.2) is 24.3 Å². The standard InChI is InChI=1S/C17H24N2O2/c1-12(18-15-6-4-3-5-7-15)17(21)19-16-10-8-14(9-11-16)13(2)20/h8-12,15,18H,3-7H2,1-2H3,(H,19,21)/p+1/t12-/m1/s1. The van der Waals surface area contributed by atoms with Crippen molar-refractivity contribution in [3.8, 4) is 0 Å². The number of hydrogen-bond donors (Lipinski definition) is 2. The lowest BCUT2D eigenvalue weighted by Crippen LogP contribution is -2.96. The molecule has 0 spiro atoms. The van der Waals surface area contributed by atoms with E-state index in [1.165, 1.54) is 39.0 Å². The summed E-state index contributed by atoms with van der Waals surface area (Å²) in [5.74, 6) is 0.0584. The first-order chi connectivity index (χ1) is 10.1. The van der Waals surface area contributed by atoms with Gasteiger partial charge in [-0.25, -0.2) is 0 Å². The fourth-order valence-corrected chi connectivity index (χ4v) is 2.87. The summed E-state index contributed by atoms with van der Waals surface area (Å²) in [6.07, 6.45) is 6.31. The molecular weight excluding hydrogens is 264 g/mol. The number of hydrogen-bond acceptors (Lipinski definition) is 2. The molecule has 1 saturated carbocycles. The summed E-state index contributed by atoms with van der Waals surface area (Å²) in [6, 6.07) is 7.55. The second-order valence-corrected chi connectivity index (χ2v) is 6.00. The maximum atomic E-state index is 12.2. The summed E-state index contributed by atoms with van der Waals surface area (Å²) in [5.41, 5.74) is 1.41. The predicted molar refractivity (Wildman–Crippen MR) is 83.3 cm³/mol. The van der Waals surface area contributed by atoms with Crippen LogP contribution >= 0.6 is 0 Å². The second kappa shape index (κ2) is 7.36. The molecule has 3 N–H and O–H groups in total. The first kappa shape index (κ1) is 15.7. The van der Waals surface area contributed by atoms with Crippen LogP contribution in [-0.2, 0) is 4.79 Å². The van der Waals surface area contributed by atoms with Crippen LogP contribution in [-0.4, -0.2) is 23.8 Å². The fourth-order valence-electron chi connectivity index (χ4n) is 2.87. The Balaban J connectivity index is 1.86. The monoisotopic (exact) mass is 289 g/mol. The largest absolute Gasteiger partial charge is 0.334 e. The van der Waals surface area contributed by atoms with Crippen molar-refractivity contribution in [2.24, 2.45) is 0 Å². The van der Waals surface area contributed by atoms with Crippen LogP contribution in [0.5, 0.6) is 0 Å². The SMILES string of the molecule is CC(=O)c1ccc(NC(=O)[C@@H](C)[NH2+]C2CCCCC2)cc1. The Morgan fingerprint density at radius 2 is 1.76 bits per heavy atom. The molecule has 1 aliphatic rings. The van der Waals surface area contributed by atoms with E-state index in [0.717, 1.165) is 5.69 Å². The van der Waals surface area contributed by atoms with Gasteiger partial charge in [-0.2, -0.15) is 0 Å². The minimum absolute atomic E-state index is 0.0242. The zero-order valence-electron chi connectivity index (χ0n) is 12.9. The maximum Gasteiger partial charge on any atom is 0.282 e. The number of anilines is 1. The highest BCUT2D eigenvalue weighted by atomic mass is 16.2. The van der Waals surface area contributed by atoms with Gasteiger partial charge >= 0.3 is 0 Å². The van der Waals surface area contributed by atoms with Gasteiger partial charge in [0.2, 0.25) is 0 Å². The molecule has 0 aromatic heterocycles. The molecule has 0 heterocycles. The highest BCUT2D eigenvalue weighted by Gasteiger charge is 2.23. The van der Waals surface area contributed by atoms with Gasteiger partial charge in [-0.1, -0.05) is 6.42 Å². The fraction of sp³-hybridized carbons (Fsp3) is 0.529. The molecule has 1 aliphatic carbocycles.